The highest BCUT2D eigenvalue weighted by Gasteiger charge is 2.34. The molecule has 0 saturated carbocycles. The van der Waals surface area contributed by atoms with Crippen LogP contribution in [-0.4, -0.2) is 41.8 Å². The lowest BCUT2D eigenvalue weighted by Crippen LogP contribution is -2.37. The summed E-state index contributed by atoms with van der Waals surface area (Å²) in [5.41, 5.74) is 1.12. The van der Waals surface area contributed by atoms with Gasteiger partial charge in [0.25, 0.3) is 17.1 Å². The van der Waals surface area contributed by atoms with Crippen molar-refractivity contribution >= 4 is 34.9 Å². The van der Waals surface area contributed by atoms with Crippen molar-refractivity contribution in [3.05, 3.63) is 52.8 Å². The number of fused-ring (bicyclic) bond motifs is 1. The number of amides is 3. The summed E-state index contributed by atoms with van der Waals surface area (Å²) in [5, 5.41) is 2.27. The standard InChI is InChI=1S/C18H14N2O6S/c21-16(12-3-6-24-9-12)19-4-5-20-17(22)15(27-18(20)23)8-11-1-2-13-14(7-11)26-10-25-13/h1-3,6-9H,4-5,10H2,(H,19,21). The van der Waals surface area contributed by atoms with Crippen LogP contribution >= 0.6 is 11.8 Å². The van der Waals surface area contributed by atoms with Crippen LogP contribution in [0.4, 0.5) is 4.79 Å². The highest BCUT2D eigenvalue weighted by molar-refractivity contribution is 8.18. The van der Waals surface area contributed by atoms with Gasteiger partial charge in [-0.15, -0.1) is 0 Å². The quantitative estimate of drug-likeness (QED) is 0.788. The van der Waals surface area contributed by atoms with Crippen molar-refractivity contribution in [3.63, 3.8) is 0 Å². The van der Waals surface area contributed by atoms with Crippen LogP contribution in [0.25, 0.3) is 6.08 Å². The lowest BCUT2D eigenvalue weighted by atomic mass is 10.2. The minimum atomic E-state index is -0.389. The van der Waals surface area contributed by atoms with Gasteiger partial charge in [0.15, 0.2) is 11.5 Å². The number of carbonyl (C=O) groups excluding carboxylic acids is 3. The first kappa shape index (κ1) is 17.2. The predicted octanol–water partition coefficient (Wildman–Crippen LogP) is 2.47. The van der Waals surface area contributed by atoms with E-state index in [1.165, 1.54) is 18.6 Å². The van der Waals surface area contributed by atoms with Crippen molar-refractivity contribution in [2.24, 2.45) is 0 Å². The highest BCUT2D eigenvalue weighted by atomic mass is 32.2. The molecule has 1 aromatic carbocycles. The molecule has 138 valence electrons. The zero-order chi connectivity index (χ0) is 18.8. The second-order valence-corrected chi connectivity index (χ2v) is 6.71. The van der Waals surface area contributed by atoms with Crippen LogP contribution in [0.1, 0.15) is 15.9 Å². The molecule has 0 unspecified atom stereocenters. The van der Waals surface area contributed by atoms with E-state index in [0.717, 1.165) is 22.2 Å². The maximum absolute atomic E-state index is 12.5. The van der Waals surface area contributed by atoms with Gasteiger partial charge in [-0.2, -0.15) is 0 Å². The average molecular weight is 386 g/mol. The number of nitrogens with zero attached hydrogens (tertiary/aromatic N) is 1. The van der Waals surface area contributed by atoms with Crippen LogP contribution < -0.4 is 14.8 Å². The monoisotopic (exact) mass is 386 g/mol. The maximum atomic E-state index is 12.5. The molecule has 3 heterocycles. The number of carbonyl (C=O) groups is 3. The number of imide groups is 1. The Hall–Kier alpha value is -3.20. The molecule has 8 nitrogen and oxygen atoms in total. The van der Waals surface area contributed by atoms with E-state index >= 15 is 0 Å². The van der Waals surface area contributed by atoms with E-state index in [1.54, 1.807) is 24.3 Å². The fraction of sp³-hybridized carbons (Fsp3) is 0.167. The Balaban J connectivity index is 1.39. The van der Waals surface area contributed by atoms with E-state index in [2.05, 4.69) is 5.32 Å². The highest BCUT2D eigenvalue weighted by Crippen LogP contribution is 2.36. The number of rotatable bonds is 5. The third-order valence-corrected chi connectivity index (χ3v) is 4.88. The SMILES string of the molecule is O=C(NCCN1C(=O)SC(=Cc2ccc3c(c2)OCO3)C1=O)c1ccoc1. The smallest absolute Gasteiger partial charge is 0.293 e. The zero-order valence-electron chi connectivity index (χ0n) is 14.0. The van der Waals surface area contributed by atoms with E-state index in [4.69, 9.17) is 13.9 Å². The van der Waals surface area contributed by atoms with E-state index < -0.39 is 0 Å². The van der Waals surface area contributed by atoms with Crippen molar-refractivity contribution in [1.82, 2.24) is 10.2 Å². The minimum absolute atomic E-state index is 0.0900. The molecule has 2 aliphatic heterocycles. The normalized spacial score (nSPS) is 17.0. The van der Waals surface area contributed by atoms with Crippen LogP contribution in [0, 0.1) is 0 Å². The Morgan fingerprint density at radius 3 is 2.89 bits per heavy atom. The summed E-state index contributed by atoms with van der Waals surface area (Å²) in [6, 6.07) is 6.82. The van der Waals surface area contributed by atoms with E-state index in [0.29, 0.717) is 22.0 Å². The van der Waals surface area contributed by atoms with Crippen molar-refractivity contribution in [2.75, 3.05) is 19.9 Å². The predicted molar refractivity (Wildman–Crippen MR) is 96.3 cm³/mol. The molecular formula is C18H14N2O6S. The van der Waals surface area contributed by atoms with Gasteiger partial charge >= 0.3 is 0 Å². The summed E-state index contributed by atoms with van der Waals surface area (Å²) in [5.74, 6) is 0.533. The molecule has 0 bridgehead atoms. The average Bonchev–Trinajstić information content (AvgIpc) is 3.38. The lowest BCUT2D eigenvalue weighted by Gasteiger charge is -2.12. The molecule has 27 heavy (non-hydrogen) atoms. The molecule has 0 aliphatic carbocycles. The van der Waals surface area contributed by atoms with Crippen LogP contribution in [0.2, 0.25) is 0 Å². The van der Waals surface area contributed by atoms with Gasteiger partial charge in [-0.1, -0.05) is 6.07 Å². The van der Waals surface area contributed by atoms with Gasteiger partial charge in [-0.05, 0) is 41.6 Å². The number of benzene rings is 1. The molecule has 4 rings (SSSR count). The van der Waals surface area contributed by atoms with Crippen molar-refractivity contribution < 1.29 is 28.3 Å². The molecule has 3 amide bonds. The summed E-state index contributed by atoms with van der Waals surface area (Å²) in [7, 11) is 0. The molecule has 1 saturated heterocycles. The second kappa shape index (κ2) is 7.20. The Morgan fingerprint density at radius 2 is 2.07 bits per heavy atom. The Labute approximate surface area is 158 Å². The van der Waals surface area contributed by atoms with Crippen LogP contribution in [0.15, 0.2) is 46.1 Å². The molecule has 9 heteroatoms. The topological polar surface area (TPSA) is 98.1 Å². The lowest BCUT2D eigenvalue weighted by molar-refractivity contribution is -0.122. The third kappa shape index (κ3) is 3.54. The number of furan rings is 1. The Morgan fingerprint density at radius 1 is 1.22 bits per heavy atom. The first-order valence-corrected chi connectivity index (χ1v) is 8.89. The Kier molecular flexibility index (Phi) is 4.59. The third-order valence-electron chi connectivity index (χ3n) is 3.97. The fourth-order valence-electron chi connectivity index (χ4n) is 2.62. The fourth-order valence-corrected chi connectivity index (χ4v) is 3.49. The first-order valence-electron chi connectivity index (χ1n) is 8.07. The summed E-state index contributed by atoms with van der Waals surface area (Å²) >= 11 is 0.865. The Bertz CT molecular complexity index is 937. The summed E-state index contributed by atoms with van der Waals surface area (Å²) < 4.78 is 15.4. The van der Waals surface area contributed by atoms with Gasteiger partial charge in [0.2, 0.25) is 6.79 Å². The van der Waals surface area contributed by atoms with Gasteiger partial charge < -0.3 is 19.2 Å². The maximum Gasteiger partial charge on any atom is 0.293 e. The van der Waals surface area contributed by atoms with Gasteiger partial charge in [0, 0.05) is 13.1 Å². The van der Waals surface area contributed by atoms with Crippen molar-refractivity contribution in [2.45, 2.75) is 0 Å². The van der Waals surface area contributed by atoms with E-state index in [-0.39, 0.29) is 36.9 Å². The molecule has 1 aromatic heterocycles. The molecule has 0 radical (unpaired) electrons. The number of hydrogen-bond acceptors (Lipinski definition) is 7. The largest absolute Gasteiger partial charge is 0.472 e. The zero-order valence-corrected chi connectivity index (χ0v) is 14.8. The van der Waals surface area contributed by atoms with Crippen LogP contribution in [0.3, 0.4) is 0 Å². The second-order valence-electron chi connectivity index (χ2n) is 5.71. The summed E-state index contributed by atoms with van der Waals surface area (Å²) in [4.78, 5) is 37.9. The molecule has 0 atom stereocenters. The molecule has 1 fully saturated rings. The number of nitrogens with one attached hydrogen (secondary N) is 1. The summed E-state index contributed by atoms with van der Waals surface area (Å²) in [6.07, 6.45) is 4.35. The molecular weight excluding hydrogens is 372 g/mol. The van der Waals surface area contributed by atoms with E-state index in [9.17, 15) is 14.4 Å². The van der Waals surface area contributed by atoms with Crippen LogP contribution in [-0.2, 0) is 4.79 Å². The number of ether oxygens (including phenoxy) is 2. The first-order chi connectivity index (χ1) is 13.1. The van der Waals surface area contributed by atoms with Gasteiger partial charge in [0.1, 0.15) is 6.26 Å². The minimum Gasteiger partial charge on any atom is -0.472 e. The van der Waals surface area contributed by atoms with Crippen molar-refractivity contribution in [3.8, 4) is 11.5 Å². The molecule has 2 aromatic rings. The summed E-state index contributed by atoms with van der Waals surface area (Å²) in [6.45, 7) is 0.409. The van der Waals surface area contributed by atoms with Gasteiger partial charge in [0.05, 0.1) is 16.7 Å². The van der Waals surface area contributed by atoms with Gasteiger partial charge in [-0.3, -0.25) is 19.3 Å². The van der Waals surface area contributed by atoms with Crippen molar-refractivity contribution in [1.29, 1.82) is 0 Å². The molecule has 2 aliphatic rings. The number of thioether (sulfide) groups is 1. The molecule has 0 spiro atoms. The number of hydrogen-bond donors (Lipinski definition) is 1. The van der Waals surface area contributed by atoms with Crippen LogP contribution in [0.5, 0.6) is 11.5 Å². The van der Waals surface area contributed by atoms with E-state index in [1.807, 2.05) is 0 Å². The van der Waals surface area contributed by atoms with Gasteiger partial charge in [-0.25, -0.2) is 0 Å². The molecule has 1 N–H and O–H groups in total.